The zero-order valence-electron chi connectivity index (χ0n) is 31.2. The molecule has 0 fully saturated rings. The van der Waals surface area contributed by atoms with E-state index in [0.717, 1.165) is 83.3 Å². The third-order valence-corrected chi connectivity index (χ3v) is 10.4. The van der Waals surface area contributed by atoms with Gasteiger partial charge >= 0.3 is 0 Å². The maximum atomic E-state index is 5.26. The van der Waals surface area contributed by atoms with Gasteiger partial charge in [-0.25, -0.2) is 19.9 Å². The summed E-state index contributed by atoms with van der Waals surface area (Å²) in [7, 11) is 0. The molecule has 10 aromatic rings. The van der Waals surface area contributed by atoms with Crippen LogP contribution in [0.3, 0.4) is 0 Å². The Kier molecular flexibility index (Phi) is 8.65. The van der Waals surface area contributed by atoms with E-state index >= 15 is 0 Å². The van der Waals surface area contributed by atoms with Crippen molar-refractivity contribution in [2.24, 2.45) is 0 Å². The standard InChI is InChI=1S/C52H35N5/c1-34-20-21-40-30-31-45-46(38-14-7-3-8-15-38)33-47(54-49(45)48(40)53-34)39-26-22-37(23-27-39)43-18-11-19-44(32-43)52-56-50(41-16-9-4-10-17-41)55-51(57-52)42-28-24-36(25-29-42)35-12-5-2-6-13-35/h2-33H,1H3. The molecule has 0 amide bonds. The minimum Gasteiger partial charge on any atom is -0.251 e. The number of nitrogens with zero attached hydrogens (tertiary/aromatic N) is 5. The molecule has 0 spiro atoms. The molecule has 3 aromatic heterocycles. The van der Waals surface area contributed by atoms with Gasteiger partial charge in [-0.1, -0.05) is 176 Å². The summed E-state index contributed by atoms with van der Waals surface area (Å²) in [6, 6.07) is 67.1. The quantitative estimate of drug-likeness (QED) is 0.153. The summed E-state index contributed by atoms with van der Waals surface area (Å²) in [6.45, 7) is 2.03. The van der Waals surface area contributed by atoms with Crippen LogP contribution in [-0.4, -0.2) is 24.9 Å². The smallest absolute Gasteiger partial charge is 0.164 e. The second-order valence-corrected chi connectivity index (χ2v) is 14.2. The van der Waals surface area contributed by atoms with Gasteiger partial charge in [0.15, 0.2) is 17.5 Å². The van der Waals surface area contributed by atoms with Crippen LogP contribution in [-0.2, 0) is 0 Å². The summed E-state index contributed by atoms with van der Waals surface area (Å²) < 4.78 is 0. The largest absolute Gasteiger partial charge is 0.251 e. The van der Waals surface area contributed by atoms with E-state index in [4.69, 9.17) is 24.9 Å². The second kappa shape index (κ2) is 14.5. The van der Waals surface area contributed by atoms with E-state index in [2.05, 4.69) is 158 Å². The molecule has 0 saturated heterocycles. The number of hydrogen-bond acceptors (Lipinski definition) is 5. The van der Waals surface area contributed by atoms with Gasteiger partial charge in [0, 0.05) is 38.7 Å². The average Bonchev–Trinajstić information content (AvgIpc) is 3.29. The van der Waals surface area contributed by atoms with Crippen LogP contribution in [0, 0.1) is 6.92 Å². The third kappa shape index (κ3) is 6.72. The van der Waals surface area contributed by atoms with Gasteiger partial charge in [0.2, 0.25) is 0 Å². The topological polar surface area (TPSA) is 64.5 Å². The van der Waals surface area contributed by atoms with Gasteiger partial charge in [-0.05, 0) is 58.5 Å². The van der Waals surface area contributed by atoms with E-state index in [0.29, 0.717) is 17.5 Å². The minimum absolute atomic E-state index is 0.620. The monoisotopic (exact) mass is 729 g/mol. The lowest BCUT2D eigenvalue weighted by Gasteiger charge is -2.13. The zero-order valence-corrected chi connectivity index (χ0v) is 31.2. The summed E-state index contributed by atoms with van der Waals surface area (Å²) >= 11 is 0. The summed E-state index contributed by atoms with van der Waals surface area (Å²) in [5.41, 5.74) is 14.3. The number of fused-ring (bicyclic) bond motifs is 3. The molecule has 0 saturated carbocycles. The molecule has 0 atom stereocenters. The Balaban J connectivity index is 1.02. The Morgan fingerprint density at radius 3 is 1.44 bits per heavy atom. The van der Waals surface area contributed by atoms with Crippen molar-refractivity contribution in [2.45, 2.75) is 6.92 Å². The van der Waals surface area contributed by atoms with Crippen molar-refractivity contribution >= 4 is 21.8 Å². The van der Waals surface area contributed by atoms with Crippen LogP contribution >= 0.6 is 0 Å². The number of aryl methyl sites for hydroxylation is 1. The Morgan fingerprint density at radius 2 is 0.772 bits per heavy atom. The van der Waals surface area contributed by atoms with Gasteiger partial charge in [0.1, 0.15) is 0 Å². The fraction of sp³-hybridized carbons (Fsp3) is 0.0192. The Bertz CT molecular complexity index is 3040. The number of hydrogen-bond donors (Lipinski definition) is 0. The van der Waals surface area contributed by atoms with Crippen LogP contribution < -0.4 is 0 Å². The fourth-order valence-corrected chi connectivity index (χ4v) is 7.44. The first-order valence-electron chi connectivity index (χ1n) is 19.1. The van der Waals surface area contributed by atoms with Crippen LogP contribution in [0.15, 0.2) is 194 Å². The number of aromatic nitrogens is 5. The van der Waals surface area contributed by atoms with Crippen molar-refractivity contribution in [3.05, 3.63) is 200 Å². The highest BCUT2D eigenvalue weighted by Crippen LogP contribution is 2.36. The van der Waals surface area contributed by atoms with Gasteiger partial charge in [0.25, 0.3) is 0 Å². The molecule has 5 nitrogen and oxygen atoms in total. The van der Waals surface area contributed by atoms with Crippen molar-refractivity contribution in [3.8, 4) is 78.8 Å². The van der Waals surface area contributed by atoms with Crippen molar-refractivity contribution < 1.29 is 0 Å². The molecule has 7 aromatic carbocycles. The molecule has 0 bridgehead atoms. The molecule has 0 aliphatic carbocycles. The number of rotatable bonds is 7. The molecule has 5 heteroatoms. The third-order valence-electron chi connectivity index (χ3n) is 10.4. The zero-order chi connectivity index (χ0) is 38.1. The molecule has 3 heterocycles. The maximum absolute atomic E-state index is 5.26. The molecule has 0 aliphatic rings. The highest BCUT2D eigenvalue weighted by molar-refractivity contribution is 6.09. The van der Waals surface area contributed by atoms with E-state index in [1.165, 1.54) is 5.56 Å². The SMILES string of the molecule is Cc1ccc2ccc3c(-c4ccccc4)cc(-c4ccc(-c5cccc(-c6nc(-c7ccccc7)nc(-c7ccc(-c8ccccc8)cc7)n6)c5)cc4)nc3c2n1. The van der Waals surface area contributed by atoms with Crippen LogP contribution in [0.2, 0.25) is 0 Å². The Hall–Kier alpha value is -7.63. The molecule has 0 unspecified atom stereocenters. The van der Waals surface area contributed by atoms with Crippen molar-refractivity contribution in [1.82, 2.24) is 24.9 Å². The number of pyridine rings is 2. The highest BCUT2D eigenvalue weighted by atomic mass is 15.0. The molecule has 0 aliphatic heterocycles. The van der Waals surface area contributed by atoms with Gasteiger partial charge in [-0.3, -0.25) is 4.98 Å². The number of benzene rings is 7. The van der Waals surface area contributed by atoms with E-state index in [1.807, 2.05) is 43.3 Å². The average molecular weight is 730 g/mol. The Morgan fingerprint density at radius 1 is 0.298 bits per heavy atom. The van der Waals surface area contributed by atoms with Crippen LogP contribution in [0.25, 0.3) is 101 Å². The van der Waals surface area contributed by atoms with Crippen molar-refractivity contribution in [2.75, 3.05) is 0 Å². The summed E-state index contributed by atoms with van der Waals surface area (Å²) in [5, 5.41) is 2.17. The summed E-state index contributed by atoms with van der Waals surface area (Å²) in [4.78, 5) is 25.2. The lowest BCUT2D eigenvalue weighted by atomic mass is 9.96. The predicted octanol–water partition coefficient (Wildman–Crippen LogP) is 12.9. The van der Waals surface area contributed by atoms with Gasteiger partial charge in [-0.15, -0.1) is 0 Å². The lowest BCUT2D eigenvalue weighted by molar-refractivity contribution is 1.07. The predicted molar refractivity (Wildman–Crippen MR) is 233 cm³/mol. The lowest BCUT2D eigenvalue weighted by Crippen LogP contribution is -2.00. The second-order valence-electron chi connectivity index (χ2n) is 14.2. The van der Waals surface area contributed by atoms with Crippen molar-refractivity contribution in [3.63, 3.8) is 0 Å². The van der Waals surface area contributed by atoms with E-state index in [1.54, 1.807) is 0 Å². The molecular weight excluding hydrogens is 695 g/mol. The fourth-order valence-electron chi connectivity index (χ4n) is 7.44. The minimum atomic E-state index is 0.620. The van der Waals surface area contributed by atoms with Gasteiger partial charge in [-0.2, -0.15) is 0 Å². The van der Waals surface area contributed by atoms with Gasteiger partial charge < -0.3 is 0 Å². The highest BCUT2D eigenvalue weighted by Gasteiger charge is 2.16. The summed E-state index contributed by atoms with van der Waals surface area (Å²) in [6.07, 6.45) is 0. The first kappa shape index (κ1) is 33.9. The van der Waals surface area contributed by atoms with Crippen LogP contribution in [0.5, 0.6) is 0 Å². The van der Waals surface area contributed by atoms with E-state index in [9.17, 15) is 0 Å². The molecular formula is C52H35N5. The van der Waals surface area contributed by atoms with Crippen molar-refractivity contribution in [1.29, 1.82) is 0 Å². The first-order chi connectivity index (χ1) is 28.1. The molecule has 268 valence electrons. The van der Waals surface area contributed by atoms with E-state index in [-0.39, 0.29) is 0 Å². The first-order valence-corrected chi connectivity index (χ1v) is 19.1. The molecule has 10 rings (SSSR count). The normalized spacial score (nSPS) is 11.2. The molecule has 57 heavy (non-hydrogen) atoms. The molecule has 0 radical (unpaired) electrons. The Labute approximate surface area is 331 Å². The maximum Gasteiger partial charge on any atom is 0.164 e. The van der Waals surface area contributed by atoms with Crippen LogP contribution in [0.1, 0.15) is 5.69 Å². The summed E-state index contributed by atoms with van der Waals surface area (Å²) in [5.74, 6) is 1.88. The van der Waals surface area contributed by atoms with Crippen LogP contribution in [0.4, 0.5) is 0 Å². The van der Waals surface area contributed by atoms with E-state index < -0.39 is 0 Å². The molecule has 0 N–H and O–H groups in total. The van der Waals surface area contributed by atoms with Gasteiger partial charge in [0.05, 0.1) is 16.7 Å².